The van der Waals surface area contributed by atoms with E-state index in [-0.39, 0.29) is 16.2 Å². The molecule has 1 aliphatic rings. The van der Waals surface area contributed by atoms with Crippen LogP contribution in [0.2, 0.25) is 5.02 Å². The molecular weight excluding hydrogens is 431 g/mol. The van der Waals surface area contributed by atoms with Gasteiger partial charge in [-0.25, -0.2) is 4.39 Å². The predicted octanol–water partition coefficient (Wildman–Crippen LogP) is 4.07. The summed E-state index contributed by atoms with van der Waals surface area (Å²) < 4.78 is 14.5. The minimum Gasteiger partial charge on any atom is -0.298 e. The number of nitrogens with zero attached hydrogens (tertiary/aromatic N) is 1. The number of hydrogen-bond donors (Lipinski definition) is 1. The number of hydrogen-bond acceptors (Lipinski definition) is 3. The Kier molecular flexibility index (Phi) is 4.99. The SMILES string of the molecule is O=C1NC(=S)N(c2ccc(Cl)cc2)C(=O)/C1=C/c1c(F)cccc1Br. The number of halogens is 3. The van der Waals surface area contributed by atoms with Gasteiger partial charge in [-0.1, -0.05) is 33.6 Å². The van der Waals surface area contributed by atoms with Gasteiger partial charge in [-0.15, -0.1) is 0 Å². The molecule has 1 aliphatic heterocycles. The Morgan fingerprint density at radius 3 is 2.48 bits per heavy atom. The maximum Gasteiger partial charge on any atom is 0.270 e. The monoisotopic (exact) mass is 438 g/mol. The van der Waals surface area contributed by atoms with Crippen LogP contribution in [-0.2, 0) is 9.59 Å². The normalized spacial score (nSPS) is 16.4. The van der Waals surface area contributed by atoms with Gasteiger partial charge >= 0.3 is 0 Å². The van der Waals surface area contributed by atoms with Crippen molar-refractivity contribution in [1.82, 2.24) is 5.32 Å². The third-order valence-electron chi connectivity index (χ3n) is 3.47. The van der Waals surface area contributed by atoms with E-state index in [1.807, 2.05) is 0 Å². The van der Waals surface area contributed by atoms with Crippen LogP contribution in [0.5, 0.6) is 0 Å². The number of carbonyl (C=O) groups is 2. The summed E-state index contributed by atoms with van der Waals surface area (Å²) in [6.45, 7) is 0. The number of nitrogens with one attached hydrogen (secondary N) is 1. The molecule has 126 valence electrons. The zero-order valence-electron chi connectivity index (χ0n) is 12.4. The Labute approximate surface area is 161 Å². The zero-order chi connectivity index (χ0) is 18.1. The second-order valence-electron chi connectivity index (χ2n) is 5.07. The molecule has 1 heterocycles. The summed E-state index contributed by atoms with van der Waals surface area (Å²) in [6.07, 6.45) is 1.20. The molecule has 0 spiro atoms. The van der Waals surface area contributed by atoms with Gasteiger partial charge in [0.1, 0.15) is 11.4 Å². The van der Waals surface area contributed by atoms with Crippen LogP contribution in [0.1, 0.15) is 5.56 Å². The van der Waals surface area contributed by atoms with Crippen molar-refractivity contribution in [2.75, 3.05) is 4.90 Å². The van der Waals surface area contributed by atoms with E-state index < -0.39 is 17.6 Å². The summed E-state index contributed by atoms with van der Waals surface area (Å²) in [7, 11) is 0. The first kappa shape index (κ1) is 17.7. The first-order chi connectivity index (χ1) is 11.9. The van der Waals surface area contributed by atoms with Gasteiger partial charge in [-0.2, -0.15) is 0 Å². The van der Waals surface area contributed by atoms with Gasteiger partial charge in [-0.05, 0) is 54.7 Å². The minimum absolute atomic E-state index is 0.0536. The quantitative estimate of drug-likeness (QED) is 0.436. The van der Waals surface area contributed by atoms with Crippen LogP contribution in [0.15, 0.2) is 52.5 Å². The van der Waals surface area contributed by atoms with E-state index in [4.69, 9.17) is 23.8 Å². The van der Waals surface area contributed by atoms with E-state index >= 15 is 0 Å². The Morgan fingerprint density at radius 1 is 1.16 bits per heavy atom. The summed E-state index contributed by atoms with van der Waals surface area (Å²) in [4.78, 5) is 26.2. The summed E-state index contributed by atoms with van der Waals surface area (Å²) in [5.74, 6) is -1.89. The molecule has 3 rings (SSSR count). The molecule has 2 aromatic carbocycles. The van der Waals surface area contributed by atoms with Gasteiger partial charge in [0.05, 0.1) is 5.69 Å². The molecule has 0 bridgehead atoms. The molecule has 1 fully saturated rings. The van der Waals surface area contributed by atoms with Gasteiger partial charge in [0.2, 0.25) is 0 Å². The molecule has 0 atom stereocenters. The first-order valence-electron chi connectivity index (χ1n) is 6.99. The number of rotatable bonds is 2. The molecule has 8 heteroatoms. The molecule has 2 aromatic rings. The summed E-state index contributed by atoms with van der Waals surface area (Å²) >= 11 is 14.2. The van der Waals surface area contributed by atoms with Crippen molar-refractivity contribution in [3.63, 3.8) is 0 Å². The van der Waals surface area contributed by atoms with Crippen molar-refractivity contribution in [3.8, 4) is 0 Å². The van der Waals surface area contributed by atoms with Crippen molar-refractivity contribution < 1.29 is 14.0 Å². The van der Waals surface area contributed by atoms with Gasteiger partial charge in [0.25, 0.3) is 11.8 Å². The second-order valence-corrected chi connectivity index (χ2v) is 6.75. The fraction of sp³-hybridized carbons (Fsp3) is 0. The standard InChI is InChI=1S/C17H9BrClFN2O2S/c18-13-2-1-3-14(20)11(13)8-12-15(23)21-17(25)22(16(12)24)10-6-4-9(19)5-7-10/h1-8H,(H,21,23,25)/b12-8+. The van der Waals surface area contributed by atoms with Crippen LogP contribution in [0.3, 0.4) is 0 Å². The number of thiocarbonyl (C=S) groups is 1. The van der Waals surface area contributed by atoms with E-state index in [1.165, 1.54) is 18.2 Å². The lowest BCUT2D eigenvalue weighted by molar-refractivity contribution is -0.122. The highest BCUT2D eigenvalue weighted by Crippen LogP contribution is 2.26. The van der Waals surface area contributed by atoms with E-state index in [0.717, 1.165) is 4.90 Å². The maximum absolute atomic E-state index is 14.0. The number of anilines is 1. The highest BCUT2D eigenvalue weighted by molar-refractivity contribution is 9.10. The topological polar surface area (TPSA) is 49.4 Å². The highest BCUT2D eigenvalue weighted by atomic mass is 79.9. The van der Waals surface area contributed by atoms with E-state index in [0.29, 0.717) is 15.2 Å². The molecule has 0 radical (unpaired) electrons. The lowest BCUT2D eigenvalue weighted by Crippen LogP contribution is -2.54. The molecule has 0 saturated carbocycles. The summed E-state index contributed by atoms with van der Waals surface area (Å²) in [6, 6.07) is 10.8. The van der Waals surface area contributed by atoms with Crippen LogP contribution in [0.25, 0.3) is 6.08 Å². The Balaban J connectivity index is 2.07. The van der Waals surface area contributed by atoms with Crippen LogP contribution in [0.4, 0.5) is 10.1 Å². The van der Waals surface area contributed by atoms with Crippen LogP contribution >= 0.6 is 39.7 Å². The largest absolute Gasteiger partial charge is 0.298 e. The molecule has 1 saturated heterocycles. The number of carbonyl (C=O) groups excluding carboxylic acids is 2. The highest BCUT2D eigenvalue weighted by Gasteiger charge is 2.34. The van der Waals surface area contributed by atoms with Gasteiger partial charge in [0.15, 0.2) is 5.11 Å². The zero-order valence-corrected chi connectivity index (χ0v) is 15.6. The molecule has 2 amide bonds. The van der Waals surface area contributed by atoms with Crippen LogP contribution in [0, 0.1) is 5.82 Å². The number of amides is 2. The molecule has 25 heavy (non-hydrogen) atoms. The molecule has 0 aliphatic carbocycles. The molecular formula is C17H9BrClFN2O2S. The summed E-state index contributed by atoms with van der Waals surface area (Å²) in [5, 5.41) is 2.88. The van der Waals surface area contributed by atoms with Crippen molar-refractivity contribution in [1.29, 1.82) is 0 Å². The Morgan fingerprint density at radius 2 is 1.84 bits per heavy atom. The van der Waals surface area contributed by atoms with Gasteiger partial charge in [0, 0.05) is 15.1 Å². The molecule has 0 aromatic heterocycles. The third kappa shape index (κ3) is 3.49. The second kappa shape index (κ2) is 7.03. The molecule has 4 nitrogen and oxygen atoms in total. The van der Waals surface area contributed by atoms with Gasteiger partial charge in [-0.3, -0.25) is 19.8 Å². The fourth-order valence-electron chi connectivity index (χ4n) is 2.28. The fourth-order valence-corrected chi connectivity index (χ4v) is 3.14. The van der Waals surface area contributed by atoms with E-state index in [9.17, 15) is 14.0 Å². The predicted molar refractivity (Wildman–Crippen MR) is 102 cm³/mol. The first-order valence-corrected chi connectivity index (χ1v) is 8.57. The van der Waals surface area contributed by atoms with Crippen LogP contribution in [-0.4, -0.2) is 16.9 Å². The van der Waals surface area contributed by atoms with Crippen molar-refractivity contribution in [2.45, 2.75) is 0 Å². The maximum atomic E-state index is 14.0. The average molecular weight is 440 g/mol. The van der Waals surface area contributed by atoms with E-state index in [1.54, 1.807) is 30.3 Å². The lowest BCUT2D eigenvalue weighted by Gasteiger charge is -2.29. The smallest absolute Gasteiger partial charge is 0.270 e. The van der Waals surface area contributed by atoms with Crippen molar-refractivity contribution in [2.24, 2.45) is 0 Å². The minimum atomic E-state index is -0.685. The Bertz CT molecular complexity index is 910. The van der Waals surface area contributed by atoms with E-state index in [2.05, 4.69) is 21.2 Å². The average Bonchev–Trinajstić information content (AvgIpc) is 2.55. The third-order valence-corrected chi connectivity index (χ3v) is 4.70. The van der Waals surface area contributed by atoms with Crippen molar-refractivity contribution in [3.05, 3.63) is 68.9 Å². The Hall–Kier alpha value is -2.09. The van der Waals surface area contributed by atoms with Gasteiger partial charge < -0.3 is 0 Å². The molecule has 0 unspecified atom stereocenters. The van der Waals surface area contributed by atoms with Crippen LogP contribution < -0.4 is 10.2 Å². The molecule has 1 N–H and O–H groups in total. The van der Waals surface area contributed by atoms with Crippen molar-refractivity contribution >= 4 is 68.4 Å². The number of benzene rings is 2. The summed E-state index contributed by atoms with van der Waals surface area (Å²) in [5.41, 5.74) is 0.317. The lowest BCUT2D eigenvalue weighted by atomic mass is 10.1.